The number of hydrogen-bond acceptors (Lipinski definition) is 3. The van der Waals surface area contributed by atoms with Crippen LogP contribution in [-0.4, -0.2) is 11.3 Å². The van der Waals surface area contributed by atoms with Crippen molar-refractivity contribution >= 4 is 29.2 Å². The van der Waals surface area contributed by atoms with Crippen LogP contribution in [0.1, 0.15) is 14.7 Å². The Labute approximate surface area is 96.5 Å². The zero-order valence-electron chi connectivity index (χ0n) is 8.03. The van der Waals surface area contributed by atoms with Crippen molar-refractivity contribution in [3.8, 4) is 11.3 Å². The highest BCUT2D eigenvalue weighted by Crippen LogP contribution is 2.31. The first-order valence-corrected chi connectivity index (χ1v) is 5.59. The lowest BCUT2D eigenvalue weighted by Crippen LogP contribution is -1.83. The van der Waals surface area contributed by atoms with E-state index in [4.69, 9.17) is 11.6 Å². The van der Waals surface area contributed by atoms with Gasteiger partial charge in [-0.2, -0.15) is 0 Å². The van der Waals surface area contributed by atoms with Crippen molar-refractivity contribution in [1.29, 1.82) is 0 Å². The standard InChI is InChI=1S/C11H8ClNOS/c1-7-11(13-10(6-14)15-7)8-4-2-3-5-9(8)12/h2-6H,1H3. The van der Waals surface area contributed by atoms with Crippen molar-refractivity contribution in [2.75, 3.05) is 0 Å². The summed E-state index contributed by atoms with van der Waals surface area (Å²) < 4.78 is 0. The number of aldehydes is 1. The number of carbonyl (C=O) groups excluding carboxylic acids is 1. The van der Waals surface area contributed by atoms with Crippen LogP contribution in [0.4, 0.5) is 0 Å². The molecule has 0 radical (unpaired) electrons. The van der Waals surface area contributed by atoms with Gasteiger partial charge in [-0.25, -0.2) is 4.98 Å². The van der Waals surface area contributed by atoms with Crippen molar-refractivity contribution in [2.24, 2.45) is 0 Å². The van der Waals surface area contributed by atoms with Gasteiger partial charge in [0.1, 0.15) is 0 Å². The number of nitrogens with zero attached hydrogens (tertiary/aromatic N) is 1. The summed E-state index contributed by atoms with van der Waals surface area (Å²) in [6, 6.07) is 7.49. The molecule has 0 saturated carbocycles. The molecule has 0 bridgehead atoms. The van der Waals surface area contributed by atoms with Gasteiger partial charge in [0.25, 0.3) is 0 Å². The zero-order valence-corrected chi connectivity index (χ0v) is 9.60. The average molecular weight is 238 g/mol. The molecule has 0 unspecified atom stereocenters. The SMILES string of the molecule is Cc1sc(C=O)nc1-c1ccccc1Cl. The van der Waals surface area contributed by atoms with Gasteiger partial charge in [0, 0.05) is 15.5 Å². The predicted octanol–water partition coefficient (Wildman–Crippen LogP) is 3.58. The molecule has 1 aromatic heterocycles. The molecule has 4 heteroatoms. The van der Waals surface area contributed by atoms with Crippen LogP contribution in [0.3, 0.4) is 0 Å². The van der Waals surface area contributed by atoms with Crippen LogP contribution in [0.5, 0.6) is 0 Å². The van der Waals surface area contributed by atoms with Crippen LogP contribution in [0, 0.1) is 6.92 Å². The Bertz CT molecular complexity index is 507. The second-order valence-electron chi connectivity index (χ2n) is 3.05. The maximum Gasteiger partial charge on any atom is 0.178 e. The molecule has 2 nitrogen and oxygen atoms in total. The second kappa shape index (κ2) is 4.13. The number of aromatic nitrogens is 1. The van der Waals surface area contributed by atoms with Crippen LogP contribution in [0.25, 0.3) is 11.3 Å². The van der Waals surface area contributed by atoms with Crippen molar-refractivity contribution in [3.63, 3.8) is 0 Å². The fourth-order valence-corrected chi connectivity index (χ4v) is 2.35. The van der Waals surface area contributed by atoms with Gasteiger partial charge in [0.2, 0.25) is 0 Å². The van der Waals surface area contributed by atoms with Crippen LogP contribution in [0.2, 0.25) is 5.02 Å². The number of rotatable bonds is 2. The van der Waals surface area contributed by atoms with Gasteiger partial charge in [-0.3, -0.25) is 4.79 Å². The Morgan fingerprint density at radius 1 is 1.40 bits per heavy atom. The van der Waals surface area contributed by atoms with Gasteiger partial charge in [-0.15, -0.1) is 11.3 Å². The van der Waals surface area contributed by atoms with Gasteiger partial charge in [-0.1, -0.05) is 29.8 Å². The molecule has 2 rings (SSSR count). The molecule has 0 atom stereocenters. The summed E-state index contributed by atoms with van der Waals surface area (Å²) in [7, 11) is 0. The maximum absolute atomic E-state index is 10.6. The highest BCUT2D eigenvalue weighted by molar-refractivity contribution is 7.13. The van der Waals surface area contributed by atoms with E-state index in [1.807, 2.05) is 31.2 Å². The van der Waals surface area contributed by atoms with E-state index in [2.05, 4.69) is 4.98 Å². The number of halogens is 1. The van der Waals surface area contributed by atoms with Gasteiger partial charge in [0.05, 0.1) is 5.69 Å². The second-order valence-corrected chi connectivity index (χ2v) is 4.70. The average Bonchev–Trinajstić information content (AvgIpc) is 2.60. The molecule has 2 aromatic rings. The fourth-order valence-electron chi connectivity index (χ4n) is 1.37. The number of benzene rings is 1. The molecular weight excluding hydrogens is 230 g/mol. The molecule has 0 fully saturated rings. The van der Waals surface area contributed by atoms with Gasteiger partial charge >= 0.3 is 0 Å². The van der Waals surface area contributed by atoms with E-state index in [9.17, 15) is 4.79 Å². The van der Waals surface area contributed by atoms with E-state index in [1.54, 1.807) is 0 Å². The Hall–Kier alpha value is -1.19. The summed E-state index contributed by atoms with van der Waals surface area (Å²) in [6.45, 7) is 1.93. The summed E-state index contributed by atoms with van der Waals surface area (Å²) in [5, 5.41) is 1.14. The molecular formula is C11H8ClNOS. The molecule has 1 heterocycles. The normalized spacial score (nSPS) is 10.3. The number of carbonyl (C=O) groups is 1. The minimum Gasteiger partial charge on any atom is -0.295 e. The number of thiazole rings is 1. The number of hydrogen-bond donors (Lipinski definition) is 0. The minimum absolute atomic E-state index is 0.488. The molecule has 0 amide bonds. The van der Waals surface area contributed by atoms with E-state index in [1.165, 1.54) is 11.3 Å². The number of aryl methyl sites for hydroxylation is 1. The summed E-state index contributed by atoms with van der Waals surface area (Å²) in [4.78, 5) is 15.8. The molecule has 0 aliphatic rings. The molecule has 76 valence electrons. The third-order valence-corrected chi connectivity index (χ3v) is 3.27. The first-order chi connectivity index (χ1) is 7.22. The smallest absolute Gasteiger partial charge is 0.178 e. The predicted molar refractivity (Wildman–Crippen MR) is 62.7 cm³/mol. The summed E-state index contributed by atoms with van der Waals surface area (Å²) >= 11 is 7.44. The third-order valence-electron chi connectivity index (χ3n) is 2.04. The quantitative estimate of drug-likeness (QED) is 0.748. The van der Waals surface area contributed by atoms with Crippen LogP contribution < -0.4 is 0 Å². The monoisotopic (exact) mass is 237 g/mol. The van der Waals surface area contributed by atoms with E-state index in [0.29, 0.717) is 10.0 Å². The Kier molecular flexibility index (Phi) is 2.84. The third kappa shape index (κ3) is 1.94. The van der Waals surface area contributed by atoms with Crippen molar-refractivity contribution in [3.05, 3.63) is 39.2 Å². The highest BCUT2D eigenvalue weighted by atomic mass is 35.5. The summed E-state index contributed by atoms with van der Waals surface area (Å²) in [6.07, 6.45) is 0.762. The summed E-state index contributed by atoms with van der Waals surface area (Å²) in [5.74, 6) is 0. The van der Waals surface area contributed by atoms with Gasteiger partial charge in [-0.05, 0) is 13.0 Å². The molecule has 0 N–H and O–H groups in total. The van der Waals surface area contributed by atoms with Crippen LogP contribution in [0.15, 0.2) is 24.3 Å². The van der Waals surface area contributed by atoms with Crippen molar-refractivity contribution in [2.45, 2.75) is 6.92 Å². The van der Waals surface area contributed by atoms with E-state index >= 15 is 0 Å². The van der Waals surface area contributed by atoms with Crippen LogP contribution in [-0.2, 0) is 0 Å². The lowest BCUT2D eigenvalue weighted by atomic mass is 10.1. The lowest BCUT2D eigenvalue weighted by molar-refractivity contribution is 0.112. The van der Waals surface area contributed by atoms with E-state index < -0.39 is 0 Å². The van der Waals surface area contributed by atoms with Crippen molar-refractivity contribution in [1.82, 2.24) is 4.98 Å². The Morgan fingerprint density at radius 2 is 2.13 bits per heavy atom. The first-order valence-electron chi connectivity index (χ1n) is 4.40. The molecule has 15 heavy (non-hydrogen) atoms. The maximum atomic E-state index is 10.6. The molecule has 1 aromatic carbocycles. The van der Waals surface area contributed by atoms with Crippen molar-refractivity contribution < 1.29 is 4.79 Å². The summed E-state index contributed by atoms with van der Waals surface area (Å²) in [5.41, 5.74) is 1.67. The molecule has 0 saturated heterocycles. The lowest BCUT2D eigenvalue weighted by Gasteiger charge is -2.00. The fraction of sp³-hybridized carbons (Fsp3) is 0.0909. The molecule has 0 spiro atoms. The molecule has 0 aliphatic heterocycles. The zero-order chi connectivity index (χ0) is 10.8. The van der Waals surface area contributed by atoms with E-state index in [-0.39, 0.29) is 0 Å². The molecule has 0 aliphatic carbocycles. The topological polar surface area (TPSA) is 30.0 Å². The Morgan fingerprint density at radius 3 is 2.73 bits per heavy atom. The minimum atomic E-state index is 0.488. The Balaban J connectivity index is 2.58. The highest BCUT2D eigenvalue weighted by Gasteiger charge is 2.11. The largest absolute Gasteiger partial charge is 0.295 e. The van der Waals surface area contributed by atoms with Gasteiger partial charge < -0.3 is 0 Å². The van der Waals surface area contributed by atoms with E-state index in [0.717, 1.165) is 22.4 Å². The van der Waals surface area contributed by atoms with Crippen LogP contribution >= 0.6 is 22.9 Å². The van der Waals surface area contributed by atoms with Gasteiger partial charge in [0.15, 0.2) is 11.3 Å². The first kappa shape index (κ1) is 10.3.